The number of benzene rings is 2. The van der Waals surface area contributed by atoms with Gasteiger partial charge in [-0.15, -0.1) is 0 Å². The number of ether oxygens (including phenoxy) is 1. The number of aromatic nitrogens is 2. The van der Waals surface area contributed by atoms with Gasteiger partial charge in [0.1, 0.15) is 11.3 Å². The van der Waals surface area contributed by atoms with Crippen LogP contribution in [-0.2, 0) is 17.3 Å². The SMILES string of the molecule is C[C@H]1CN(c2ccc(C(F)(F)F)cc2)C(=O)c2c(-c3ccc4c(c3)CCCN4C(=O)OC(C)(C)C)cnn21. The molecule has 0 saturated carbocycles. The van der Waals surface area contributed by atoms with Crippen molar-refractivity contribution in [3.05, 3.63) is 65.5 Å². The van der Waals surface area contributed by atoms with Crippen LogP contribution >= 0.6 is 0 Å². The Balaban J connectivity index is 1.47. The molecule has 0 N–H and O–H groups in total. The lowest BCUT2D eigenvalue weighted by molar-refractivity contribution is -0.137. The average Bonchev–Trinajstić information content (AvgIpc) is 3.30. The van der Waals surface area contributed by atoms with Crippen LogP contribution in [0, 0.1) is 0 Å². The van der Waals surface area contributed by atoms with E-state index in [4.69, 9.17) is 4.74 Å². The molecule has 0 radical (unpaired) electrons. The highest BCUT2D eigenvalue weighted by molar-refractivity contribution is 6.10. The number of aryl methyl sites for hydroxylation is 1. The number of anilines is 2. The summed E-state index contributed by atoms with van der Waals surface area (Å²) in [6.45, 7) is 8.24. The first-order valence-electron chi connectivity index (χ1n) is 12.5. The maximum absolute atomic E-state index is 13.6. The second kappa shape index (κ2) is 9.18. The van der Waals surface area contributed by atoms with E-state index in [0.29, 0.717) is 23.5 Å². The van der Waals surface area contributed by atoms with E-state index in [1.54, 1.807) is 15.8 Å². The van der Waals surface area contributed by atoms with Crippen molar-refractivity contribution in [3.8, 4) is 11.1 Å². The molecular weight excluding hydrogens is 497 g/mol. The molecule has 3 heterocycles. The number of alkyl halides is 3. The molecule has 1 atom stereocenters. The van der Waals surface area contributed by atoms with E-state index in [1.807, 2.05) is 45.9 Å². The number of hydrogen-bond acceptors (Lipinski definition) is 4. The second-order valence-corrected chi connectivity index (χ2v) is 10.7. The molecule has 200 valence electrons. The summed E-state index contributed by atoms with van der Waals surface area (Å²) in [5.41, 5.74) is 2.56. The van der Waals surface area contributed by atoms with Crippen molar-refractivity contribution in [2.45, 2.75) is 58.4 Å². The average molecular weight is 527 g/mol. The molecule has 2 aromatic carbocycles. The Morgan fingerprint density at radius 1 is 1.08 bits per heavy atom. The van der Waals surface area contributed by atoms with Crippen LogP contribution in [0.2, 0.25) is 0 Å². The third-order valence-corrected chi connectivity index (χ3v) is 6.74. The summed E-state index contributed by atoms with van der Waals surface area (Å²) in [6, 6.07) is 10.1. The van der Waals surface area contributed by atoms with Gasteiger partial charge < -0.3 is 9.64 Å². The molecule has 0 fully saturated rings. The van der Waals surface area contributed by atoms with E-state index in [-0.39, 0.29) is 18.5 Å². The summed E-state index contributed by atoms with van der Waals surface area (Å²) in [5, 5.41) is 4.47. The van der Waals surface area contributed by atoms with E-state index in [9.17, 15) is 22.8 Å². The van der Waals surface area contributed by atoms with Crippen LogP contribution in [0.25, 0.3) is 11.1 Å². The Morgan fingerprint density at radius 3 is 2.45 bits per heavy atom. The molecule has 38 heavy (non-hydrogen) atoms. The van der Waals surface area contributed by atoms with Crippen molar-refractivity contribution in [2.75, 3.05) is 22.9 Å². The maximum Gasteiger partial charge on any atom is 0.416 e. The van der Waals surface area contributed by atoms with Crippen molar-refractivity contribution in [3.63, 3.8) is 0 Å². The number of nitrogens with zero attached hydrogens (tertiary/aromatic N) is 4. The van der Waals surface area contributed by atoms with Crippen LogP contribution in [0.15, 0.2) is 48.7 Å². The Bertz CT molecular complexity index is 1390. The number of hydrogen-bond donors (Lipinski definition) is 0. The molecule has 2 aliphatic heterocycles. The fraction of sp³-hybridized carbons (Fsp3) is 0.393. The van der Waals surface area contributed by atoms with Gasteiger partial charge in [0.2, 0.25) is 0 Å². The van der Waals surface area contributed by atoms with E-state index in [0.717, 1.165) is 41.8 Å². The number of halogens is 3. The van der Waals surface area contributed by atoms with Gasteiger partial charge in [0.25, 0.3) is 5.91 Å². The lowest BCUT2D eigenvalue weighted by Gasteiger charge is -2.33. The predicted molar refractivity (Wildman–Crippen MR) is 137 cm³/mol. The van der Waals surface area contributed by atoms with Gasteiger partial charge in [0.05, 0.1) is 23.5 Å². The van der Waals surface area contributed by atoms with Crippen molar-refractivity contribution in [2.24, 2.45) is 0 Å². The van der Waals surface area contributed by atoms with Crippen molar-refractivity contribution >= 4 is 23.4 Å². The summed E-state index contributed by atoms with van der Waals surface area (Å²) in [4.78, 5) is 29.6. The van der Waals surface area contributed by atoms with E-state index in [1.165, 1.54) is 17.0 Å². The van der Waals surface area contributed by atoms with Gasteiger partial charge in [-0.2, -0.15) is 18.3 Å². The fourth-order valence-electron chi connectivity index (χ4n) is 5.00. The van der Waals surface area contributed by atoms with Gasteiger partial charge in [-0.05, 0) is 88.1 Å². The highest BCUT2D eigenvalue weighted by atomic mass is 19.4. The zero-order chi connectivity index (χ0) is 27.4. The van der Waals surface area contributed by atoms with Gasteiger partial charge in [0.15, 0.2) is 0 Å². The number of carbonyl (C=O) groups is 2. The first kappa shape index (κ1) is 25.8. The summed E-state index contributed by atoms with van der Waals surface area (Å²) >= 11 is 0. The van der Waals surface area contributed by atoms with Crippen molar-refractivity contribution in [1.29, 1.82) is 0 Å². The number of rotatable bonds is 2. The molecule has 1 aromatic heterocycles. The second-order valence-electron chi connectivity index (χ2n) is 10.7. The number of fused-ring (bicyclic) bond motifs is 2. The molecule has 0 bridgehead atoms. The maximum atomic E-state index is 13.6. The Kier molecular flexibility index (Phi) is 6.24. The zero-order valence-corrected chi connectivity index (χ0v) is 21.7. The molecule has 2 amide bonds. The Morgan fingerprint density at radius 2 is 1.79 bits per heavy atom. The minimum absolute atomic E-state index is 0.181. The van der Waals surface area contributed by atoms with Gasteiger partial charge in [-0.3, -0.25) is 14.4 Å². The van der Waals surface area contributed by atoms with E-state index in [2.05, 4.69) is 5.10 Å². The molecule has 3 aromatic rings. The predicted octanol–water partition coefficient (Wildman–Crippen LogP) is 6.48. The summed E-state index contributed by atoms with van der Waals surface area (Å²) in [7, 11) is 0. The standard InChI is InChI=1S/C28H29F3N4O3/c1-17-16-34(21-10-8-20(9-11-21)28(29,30)31)25(36)24-22(15-32-35(17)24)18-7-12-23-19(14-18)6-5-13-33(23)26(37)38-27(2,3)4/h7-12,14-15,17H,5-6,13,16H2,1-4H3/t17-/m0/s1. The lowest BCUT2D eigenvalue weighted by atomic mass is 9.95. The smallest absolute Gasteiger partial charge is 0.416 e. The van der Waals surface area contributed by atoms with E-state index < -0.39 is 23.4 Å². The normalized spacial score (nSPS) is 17.8. The van der Waals surface area contributed by atoms with Gasteiger partial charge >= 0.3 is 12.3 Å². The third kappa shape index (κ3) is 4.75. The molecule has 2 aliphatic rings. The Labute approximate surface area is 218 Å². The largest absolute Gasteiger partial charge is 0.443 e. The molecule has 0 aliphatic carbocycles. The lowest BCUT2D eigenvalue weighted by Crippen LogP contribution is -2.42. The Hall–Kier alpha value is -3.82. The van der Waals surface area contributed by atoms with Crippen LogP contribution in [0.5, 0.6) is 0 Å². The molecule has 10 heteroatoms. The number of amides is 2. The van der Waals surface area contributed by atoms with Gasteiger partial charge in [-0.1, -0.05) is 6.07 Å². The molecule has 0 spiro atoms. The molecule has 7 nitrogen and oxygen atoms in total. The van der Waals surface area contributed by atoms with Crippen LogP contribution in [0.3, 0.4) is 0 Å². The minimum atomic E-state index is -4.45. The number of carbonyl (C=O) groups excluding carboxylic acids is 2. The first-order chi connectivity index (χ1) is 17.8. The van der Waals surface area contributed by atoms with Crippen LogP contribution in [0.4, 0.5) is 29.3 Å². The first-order valence-corrected chi connectivity index (χ1v) is 12.5. The molecule has 5 rings (SSSR count). The highest BCUT2D eigenvalue weighted by Crippen LogP contribution is 2.37. The van der Waals surface area contributed by atoms with E-state index >= 15 is 0 Å². The van der Waals surface area contributed by atoms with Crippen molar-refractivity contribution < 1.29 is 27.5 Å². The molecular formula is C28H29F3N4O3. The minimum Gasteiger partial charge on any atom is -0.443 e. The summed E-state index contributed by atoms with van der Waals surface area (Å²) < 4.78 is 46.4. The quantitative estimate of drug-likeness (QED) is 0.384. The fourth-order valence-corrected chi connectivity index (χ4v) is 5.00. The third-order valence-electron chi connectivity index (χ3n) is 6.74. The van der Waals surface area contributed by atoms with Crippen LogP contribution < -0.4 is 9.80 Å². The summed E-state index contributed by atoms with van der Waals surface area (Å²) in [5.74, 6) is -0.330. The summed E-state index contributed by atoms with van der Waals surface area (Å²) in [6.07, 6.45) is -1.65. The monoisotopic (exact) mass is 526 g/mol. The molecule has 0 unspecified atom stereocenters. The highest BCUT2D eigenvalue weighted by Gasteiger charge is 2.35. The van der Waals surface area contributed by atoms with Crippen molar-refractivity contribution in [1.82, 2.24) is 9.78 Å². The van der Waals surface area contributed by atoms with Gasteiger partial charge in [-0.25, -0.2) is 4.79 Å². The zero-order valence-electron chi connectivity index (χ0n) is 21.7. The van der Waals surface area contributed by atoms with Crippen LogP contribution in [-0.4, -0.2) is 40.5 Å². The van der Waals surface area contributed by atoms with Gasteiger partial charge in [0, 0.05) is 24.3 Å². The topological polar surface area (TPSA) is 67.7 Å². The van der Waals surface area contributed by atoms with Crippen LogP contribution in [0.1, 0.15) is 61.8 Å². The molecule has 0 saturated heterocycles.